The summed E-state index contributed by atoms with van der Waals surface area (Å²) in [5, 5.41) is 15.9. The number of carbonyl (C=O) groups excluding carboxylic acids is 6. The van der Waals surface area contributed by atoms with Crippen molar-refractivity contribution in [3.63, 3.8) is 0 Å². The molecule has 1 aromatic heterocycles. The number of fused-ring (bicyclic) bond motifs is 4. The molecule has 0 unspecified atom stereocenters. The molecule has 1 aliphatic heterocycles. The number of ether oxygens (including phenoxy) is 3. The molecule has 2 aliphatic rings. The van der Waals surface area contributed by atoms with Crippen molar-refractivity contribution < 1.29 is 52.9 Å². The van der Waals surface area contributed by atoms with Gasteiger partial charge >= 0.3 is 12.1 Å². The second kappa shape index (κ2) is 27.0. The van der Waals surface area contributed by atoms with Crippen LogP contribution in [0, 0.1) is 11.8 Å². The van der Waals surface area contributed by atoms with Crippen molar-refractivity contribution >= 4 is 52.3 Å². The molecule has 1 aliphatic carbocycles. The van der Waals surface area contributed by atoms with E-state index in [4.69, 9.17) is 19.3 Å². The number of hydrogen-bond donors (Lipinski definition) is 2. The summed E-state index contributed by atoms with van der Waals surface area (Å²) in [6, 6.07) is 25.7. The molecule has 4 amide bonds. The number of nitrogens with one attached hydrogen (secondary N) is 1. The SMILES string of the molecule is CCC(=O)[C@H](C)NC(=O)[C@@H](CC(=O)CCC(=O)N(CCOCCOCCC(=O)O)C1CCN(C(=O)CCn2c(CN(C)N(C)C(=O)OCC3c4ccccc4-c4ccccc43)cc3ccccc32)CC1)C(C)C. The lowest BCUT2D eigenvalue weighted by molar-refractivity contribution is -0.139. The summed E-state index contributed by atoms with van der Waals surface area (Å²) >= 11 is 0. The number of aliphatic carboxylic acids is 1. The number of Topliss-reactive ketones (excluding diaryl/α,β-unsaturated/α-hetero) is 2. The van der Waals surface area contributed by atoms with Gasteiger partial charge in [0.25, 0.3) is 0 Å². The van der Waals surface area contributed by atoms with Gasteiger partial charge in [0, 0.05) is 101 Å². The topological polar surface area (TPSA) is 197 Å². The Balaban J connectivity index is 1.03. The van der Waals surface area contributed by atoms with Gasteiger partial charge < -0.3 is 39.0 Å². The number of aryl methyl sites for hydroxylation is 1. The van der Waals surface area contributed by atoms with Crippen molar-refractivity contribution in [1.29, 1.82) is 0 Å². The number of carboxylic acids is 1. The smallest absolute Gasteiger partial charge is 0.424 e. The van der Waals surface area contributed by atoms with Gasteiger partial charge in [0.05, 0.1) is 45.4 Å². The molecule has 2 atom stereocenters. The molecule has 17 heteroatoms. The molecule has 2 heterocycles. The minimum atomic E-state index is -0.954. The number of likely N-dealkylation sites (tertiary alicyclic amines) is 1. The van der Waals surface area contributed by atoms with Crippen LogP contribution in [-0.2, 0) is 56.1 Å². The number of rotatable bonds is 28. The lowest BCUT2D eigenvalue weighted by atomic mass is 9.88. The second-order valence-corrected chi connectivity index (χ2v) is 19.5. The molecule has 17 nitrogen and oxygen atoms in total. The third-order valence-electron chi connectivity index (χ3n) is 14.2. The Kier molecular flexibility index (Phi) is 20.7. The number of carbonyl (C=O) groups is 7. The number of hydrogen-bond acceptors (Lipinski definition) is 11. The van der Waals surface area contributed by atoms with Gasteiger partial charge in [-0.3, -0.25) is 28.8 Å². The molecule has 0 spiro atoms. The van der Waals surface area contributed by atoms with E-state index in [1.807, 2.05) is 74.3 Å². The molecule has 1 fully saturated rings. The Morgan fingerprint density at radius 2 is 1.41 bits per heavy atom. The van der Waals surface area contributed by atoms with Crippen LogP contribution in [0.3, 0.4) is 0 Å². The highest BCUT2D eigenvalue weighted by Crippen LogP contribution is 2.44. The Morgan fingerprint density at radius 1 is 0.781 bits per heavy atom. The molecule has 3 aromatic carbocycles. The number of ketones is 2. The van der Waals surface area contributed by atoms with Crippen molar-refractivity contribution in [2.45, 2.75) is 110 Å². The van der Waals surface area contributed by atoms with Crippen molar-refractivity contribution in [2.75, 3.05) is 66.8 Å². The van der Waals surface area contributed by atoms with E-state index in [9.17, 15) is 33.6 Å². The maximum absolute atomic E-state index is 13.9. The third-order valence-corrected chi connectivity index (χ3v) is 14.2. The van der Waals surface area contributed by atoms with Crippen LogP contribution in [0.2, 0.25) is 0 Å². The van der Waals surface area contributed by atoms with E-state index in [2.05, 4.69) is 40.2 Å². The summed E-state index contributed by atoms with van der Waals surface area (Å²) in [5.41, 5.74) is 6.50. The highest BCUT2D eigenvalue weighted by molar-refractivity contribution is 5.92. The predicted octanol–water partition coefficient (Wildman–Crippen LogP) is 7.08. The standard InChI is InChI=1S/C56H74N6O11/c1-7-51(64)39(4)57-55(69)48(38(2)3)35-43(63)20-21-53(66)62(29-31-72-33-32-71-30-25-54(67)68)41-22-26-60(27-23-41)52(65)24-28-61-42(34-40-14-8-13-19-50(40)61)36-58(5)59(6)56(70)73-37-49-46-17-11-9-15-44(46)45-16-10-12-18-47(45)49/h8-19,34,38-39,41,48-49H,7,20-33,35-37H2,1-6H3,(H,57,69)(H,67,68)/t39-,48-/m0/s1. The zero-order valence-electron chi connectivity index (χ0n) is 43.4. The second-order valence-electron chi connectivity index (χ2n) is 19.5. The molecule has 0 saturated carbocycles. The Labute approximate surface area is 429 Å². The first-order valence-electron chi connectivity index (χ1n) is 25.7. The first-order valence-corrected chi connectivity index (χ1v) is 25.7. The average Bonchev–Trinajstić information content (AvgIpc) is 3.90. The molecule has 394 valence electrons. The van der Waals surface area contributed by atoms with Crippen LogP contribution in [-0.4, -0.2) is 150 Å². The molecular formula is C56H74N6O11. The minimum Gasteiger partial charge on any atom is -0.481 e. The number of amides is 4. The van der Waals surface area contributed by atoms with Crippen LogP contribution in [0.5, 0.6) is 0 Å². The monoisotopic (exact) mass is 1010 g/mol. The van der Waals surface area contributed by atoms with Gasteiger partial charge in [0.1, 0.15) is 12.4 Å². The zero-order valence-corrected chi connectivity index (χ0v) is 43.4. The van der Waals surface area contributed by atoms with Gasteiger partial charge in [0.15, 0.2) is 5.78 Å². The zero-order chi connectivity index (χ0) is 52.6. The summed E-state index contributed by atoms with van der Waals surface area (Å²) in [4.78, 5) is 94.3. The molecular weight excluding hydrogens is 933 g/mol. The molecule has 1 saturated heterocycles. The van der Waals surface area contributed by atoms with E-state index in [0.29, 0.717) is 39.0 Å². The summed E-state index contributed by atoms with van der Waals surface area (Å²) in [7, 11) is 3.52. The molecule has 2 N–H and O–H groups in total. The van der Waals surface area contributed by atoms with Crippen LogP contribution < -0.4 is 5.32 Å². The quantitative estimate of drug-likeness (QED) is 0.0434. The average molecular weight is 1010 g/mol. The Morgan fingerprint density at radius 3 is 2.05 bits per heavy atom. The van der Waals surface area contributed by atoms with E-state index in [0.717, 1.165) is 38.9 Å². The van der Waals surface area contributed by atoms with Gasteiger partial charge in [-0.1, -0.05) is 87.5 Å². The molecule has 0 bridgehead atoms. The third kappa shape index (κ3) is 15.1. The fraction of sp³-hybridized carbons (Fsp3) is 0.518. The molecule has 4 aromatic rings. The van der Waals surface area contributed by atoms with Crippen LogP contribution in [0.4, 0.5) is 4.79 Å². The number of benzene rings is 3. The number of para-hydroxylation sites is 1. The van der Waals surface area contributed by atoms with Gasteiger partial charge in [-0.25, -0.2) is 14.8 Å². The summed E-state index contributed by atoms with van der Waals surface area (Å²) in [6.45, 7) is 9.82. The maximum Gasteiger partial charge on any atom is 0.424 e. The normalized spacial score (nSPS) is 14.4. The van der Waals surface area contributed by atoms with Gasteiger partial charge in [-0.05, 0) is 65.5 Å². The molecule has 0 radical (unpaired) electrons. The van der Waals surface area contributed by atoms with Gasteiger partial charge in [-0.2, -0.15) is 0 Å². The van der Waals surface area contributed by atoms with Crippen molar-refractivity contribution in [1.82, 2.24) is 29.7 Å². The van der Waals surface area contributed by atoms with Crippen molar-refractivity contribution in [2.24, 2.45) is 11.8 Å². The molecule has 6 rings (SSSR count). The van der Waals surface area contributed by atoms with Crippen LogP contribution in [0.25, 0.3) is 22.0 Å². The fourth-order valence-corrected chi connectivity index (χ4v) is 9.85. The van der Waals surface area contributed by atoms with E-state index < -0.39 is 24.0 Å². The lowest BCUT2D eigenvalue weighted by Gasteiger charge is -2.39. The summed E-state index contributed by atoms with van der Waals surface area (Å²) in [6.07, 6.45) is 0.823. The molecule has 73 heavy (non-hydrogen) atoms. The first kappa shape index (κ1) is 55.9. The number of hydrazine groups is 1. The fourth-order valence-electron chi connectivity index (χ4n) is 9.85. The van der Waals surface area contributed by atoms with Gasteiger partial charge in [-0.15, -0.1) is 0 Å². The van der Waals surface area contributed by atoms with E-state index in [1.54, 1.807) is 30.8 Å². The van der Waals surface area contributed by atoms with E-state index >= 15 is 0 Å². The van der Waals surface area contributed by atoms with Crippen LogP contribution >= 0.6 is 0 Å². The van der Waals surface area contributed by atoms with E-state index in [1.165, 1.54) is 5.01 Å². The number of piperidine rings is 1. The predicted molar refractivity (Wildman–Crippen MR) is 276 cm³/mol. The van der Waals surface area contributed by atoms with Crippen molar-refractivity contribution in [3.05, 3.63) is 95.7 Å². The first-order chi connectivity index (χ1) is 35.1. The van der Waals surface area contributed by atoms with Crippen LogP contribution in [0.15, 0.2) is 78.9 Å². The largest absolute Gasteiger partial charge is 0.481 e. The van der Waals surface area contributed by atoms with Gasteiger partial charge in [0.2, 0.25) is 17.7 Å². The Hall–Kier alpha value is -6.43. The summed E-state index contributed by atoms with van der Waals surface area (Å²) in [5.74, 6) is -2.76. The van der Waals surface area contributed by atoms with E-state index in [-0.39, 0.29) is 125 Å². The highest BCUT2D eigenvalue weighted by atomic mass is 16.6. The van der Waals surface area contributed by atoms with Crippen LogP contribution in [0.1, 0.15) is 102 Å². The van der Waals surface area contributed by atoms with Crippen molar-refractivity contribution in [3.8, 4) is 11.1 Å². The maximum atomic E-state index is 13.9. The lowest BCUT2D eigenvalue weighted by Crippen LogP contribution is -2.50. The minimum absolute atomic E-state index is 0.0156. The number of nitrogens with zero attached hydrogens (tertiary/aromatic N) is 5. The number of carboxylic acid groups (broad SMARTS) is 1. The highest BCUT2D eigenvalue weighted by Gasteiger charge is 2.33. The Bertz CT molecular complexity index is 2510. The number of aromatic nitrogens is 1. The summed E-state index contributed by atoms with van der Waals surface area (Å²) < 4.78 is 19.2.